The summed E-state index contributed by atoms with van der Waals surface area (Å²) in [6.07, 6.45) is 5.47. The summed E-state index contributed by atoms with van der Waals surface area (Å²) in [6, 6.07) is 4.56. The largest absolute Gasteiger partial charge is 0.384 e. The van der Waals surface area contributed by atoms with E-state index in [9.17, 15) is 13.2 Å². The molecule has 1 unspecified atom stereocenters. The van der Waals surface area contributed by atoms with Crippen molar-refractivity contribution in [3.05, 3.63) is 41.5 Å². The number of alkyl halides is 2. The molecule has 0 saturated heterocycles. The Kier molecular flexibility index (Phi) is 4.38. The molecule has 4 N–H and O–H groups in total. The van der Waals surface area contributed by atoms with Gasteiger partial charge in [0.1, 0.15) is 18.2 Å². The highest BCUT2D eigenvalue weighted by molar-refractivity contribution is 5.51. The summed E-state index contributed by atoms with van der Waals surface area (Å²) < 4.78 is 43.7. The van der Waals surface area contributed by atoms with Gasteiger partial charge in [0, 0.05) is 17.3 Å². The van der Waals surface area contributed by atoms with Crippen LogP contribution in [0.3, 0.4) is 0 Å². The molecule has 0 amide bonds. The highest BCUT2D eigenvalue weighted by Crippen LogP contribution is 2.44. The molecule has 1 saturated carbocycles. The lowest BCUT2D eigenvalue weighted by Crippen LogP contribution is -2.45. The van der Waals surface area contributed by atoms with Crippen LogP contribution in [-0.2, 0) is 10.3 Å². The maximum absolute atomic E-state index is 14.6. The molecule has 7 heteroatoms. The molecule has 3 rings (SSSR count). The minimum atomic E-state index is -3.33. The van der Waals surface area contributed by atoms with Gasteiger partial charge >= 0.3 is 0 Å². The van der Waals surface area contributed by atoms with Crippen LogP contribution in [0.4, 0.5) is 18.9 Å². The molecule has 24 heavy (non-hydrogen) atoms. The van der Waals surface area contributed by atoms with Crippen molar-refractivity contribution >= 4 is 5.69 Å². The molecular weight excluding hydrogens is 319 g/mol. The third-order valence-corrected chi connectivity index (χ3v) is 4.90. The van der Waals surface area contributed by atoms with Gasteiger partial charge in [0.25, 0.3) is 5.92 Å². The second-order valence-corrected chi connectivity index (χ2v) is 6.72. The molecule has 1 aliphatic carbocycles. The van der Waals surface area contributed by atoms with Crippen molar-refractivity contribution < 1.29 is 18.0 Å². The van der Waals surface area contributed by atoms with Gasteiger partial charge in [-0.25, -0.2) is 13.2 Å². The Morgan fingerprint density at radius 2 is 2.00 bits per heavy atom. The van der Waals surface area contributed by atoms with Gasteiger partial charge in [0.15, 0.2) is 0 Å². The molecule has 0 aromatic heterocycles. The molecular formula is C17H22F3N3O. The number of halogens is 3. The lowest BCUT2D eigenvalue weighted by atomic mass is 9.76. The van der Waals surface area contributed by atoms with Crippen molar-refractivity contribution in [3.63, 3.8) is 0 Å². The quantitative estimate of drug-likeness (QED) is 0.789. The highest BCUT2D eigenvalue weighted by atomic mass is 19.3. The Labute approximate surface area is 139 Å². The molecule has 132 valence electrons. The monoisotopic (exact) mass is 341 g/mol. The van der Waals surface area contributed by atoms with E-state index in [0.717, 1.165) is 31.8 Å². The van der Waals surface area contributed by atoms with Gasteiger partial charge in [-0.05, 0) is 44.0 Å². The molecule has 1 fully saturated rings. The zero-order valence-corrected chi connectivity index (χ0v) is 13.5. The summed E-state index contributed by atoms with van der Waals surface area (Å²) in [5.41, 5.74) is 6.50. The van der Waals surface area contributed by atoms with Crippen LogP contribution < -0.4 is 16.5 Å². The van der Waals surface area contributed by atoms with Crippen LogP contribution in [0.5, 0.6) is 0 Å². The molecule has 1 atom stereocenters. The van der Waals surface area contributed by atoms with E-state index >= 15 is 0 Å². The van der Waals surface area contributed by atoms with Gasteiger partial charge in [-0.3, -0.25) is 10.3 Å². The molecule has 1 aromatic carbocycles. The van der Waals surface area contributed by atoms with Crippen LogP contribution in [0.15, 0.2) is 30.1 Å². The minimum Gasteiger partial charge on any atom is -0.384 e. The molecule has 0 bridgehead atoms. The van der Waals surface area contributed by atoms with E-state index in [1.165, 1.54) is 19.1 Å². The number of nitrogens with two attached hydrogens (primary N) is 1. The van der Waals surface area contributed by atoms with E-state index in [1.54, 1.807) is 6.07 Å². The van der Waals surface area contributed by atoms with Gasteiger partial charge < -0.3 is 11.1 Å². The van der Waals surface area contributed by atoms with E-state index in [-0.39, 0.29) is 11.4 Å². The maximum atomic E-state index is 14.6. The van der Waals surface area contributed by atoms with Crippen LogP contribution in [0.2, 0.25) is 0 Å². The van der Waals surface area contributed by atoms with Gasteiger partial charge in [0.05, 0.1) is 5.41 Å². The standard InChI is InChI=1S/C17H22F3N3O/c1-16(9-15(21)23-24-10-17(16,19)20)13-8-12(6-7-14(13)18)22-11-4-2-3-5-11/h6-9,11,22-23H,2-5,10,21H2,1H3. The number of benzene rings is 1. The van der Waals surface area contributed by atoms with E-state index in [4.69, 9.17) is 5.73 Å². The second kappa shape index (κ2) is 6.20. The van der Waals surface area contributed by atoms with E-state index in [1.807, 2.05) is 0 Å². The Bertz CT molecular complexity index is 644. The number of hydrogen-bond donors (Lipinski definition) is 3. The number of hydroxylamine groups is 1. The summed E-state index contributed by atoms with van der Waals surface area (Å²) in [5.74, 6) is -4.09. The minimum absolute atomic E-state index is 0.0665. The fraction of sp³-hybridized carbons (Fsp3) is 0.529. The summed E-state index contributed by atoms with van der Waals surface area (Å²) in [4.78, 5) is 4.69. The van der Waals surface area contributed by atoms with Crippen LogP contribution in [0, 0.1) is 5.82 Å². The lowest BCUT2D eigenvalue weighted by molar-refractivity contribution is -0.124. The van der Waals surface area contributed by atoms with Crippen molar-refractivity contribution in [1.82, 2.24) is 5.48 Å². The SMILES string of the molecule is CC1(c2cc(NC3CCCC3)ccc2F)C=C(N)NOCC1(F)F. The molecule has 0 spiro atoms. The van der Waals surface area contributed by atoms with E-state index in [0.29, 0.717) is 11.7 Å². The third-order valence-electron chi connectivity index (χ3n) is 4.90. The number of rotatable bonds is 3. The molecule has 2 aliphatic rings. The van der Waals surface area contributed by atoms with Crippen molar-refractivity contribution in [2.24, 2.45) is 5.73 Å². The Morgan fingerprint density at radius 3 is 2.71 bits per heavy atom. The van der Waals surface area contributed by atoms with Crippen LogP contribution in [-0.4, -0.2) is 18.6 Å². The van der Waals surface area contributed by atoms with Crippen LogP contribution in [0.1, 0.15) is 38.2 Å². The van der Waals surface area contributed by atoms with Crippen LogP contribution in [0.25, 0.3) is 0 Å². The first-order valence-corrected chi connectivity index (χ1v) is 8.12. The highest BCUT2D eigenvalue weighted by Gasteiger charge is 2.53. The van der Waals surface area contributed by atoms with E-state index < -0.39 is 23.8 Å². The Morgan fingerprint density at radius 1 is 1.29 bits per heavy atom. The molecule has 1 aromatic rings. The van der Waals surface area contributed by atoms with Crippen LogP contribution >= 0.6 is 0 Å². The van der Waals surface area contributed by atoms with Gasteiger partial charge in [-0.2, -0.15) is 0 Å². The fourth-order valence-electron chi connectivity index (χ4n) is 3.40. The zero-order chi connectivity index (χ0) is 17.4. The zero-order valence-electron chi connectivity index (χ0n) is 13.5. The molecule has 0 radical (unpaired) electrons. The summed E-state index contributed by atoms with van der Waals surface area (Å²) >= 11 is 0. The predicted octanol–water partition coefficient (Wildman–Crippen LogP) is 3.41. The number of nitrogens with one attached hydrogen (secondary N) is 2. The lowest BCUT2D eigenvalue weighted by Gasteiger charge is -2.34. The Balaban J connectivity index is 2.00. The fourth-order valence-corrected chi connectivity index (χ4v) is 3.40. The third kappa shape index (κ3) is 3.05. The van der Waals surface area contributed by atoms with Crippen molar-refractivity contribution in [2.75, 3.05) is 11.9 Å². The first-order chi connectivity index (χ1) is 11.3. The first-order valence-electron chi connectivity index (χ1n) is 8.12. The first kappa shape index (κ1) is 17.0. The topological polar surface area (TPSA) is 59.3 Å². The molecule has 1 heterocycles. The molecule has 1 aliphatic heterocycles. The maximum Gasteiger partial charge on any atom is 0.286 e. The number of hydrogen-bond acceptors (Lipinski definition) is 4. The summed E-state index contributed by atoms with van der Waals surface area (Å²) in [7, 11) is 0. The summed E-state index contributed by atoms with van der Waals surface area (Å²) in [5, 5.41) is 3.31. The number of allylic oxidation sites excluding steroid dienone is 1. The predicted molar refractivity (Wildman–Crippen MR) is 85.9 cm³/mol. The number of anilines is 1. The smallest absolute Gasteiger partial charge is 0.286 e. The summed E-state index contributed by atoms with van der Waals surface area (Å²) in [6.45, 7) is 0.369. The van der Waals surface area contributed by atoms with Gasteiger partial charge in [-0.1, -0.05) is 12.8 Å². The van der Waals surface area contributed by atoms with Crippen molar-refractivity contribution in [3.8, 4) is 0 Å². The van der Waals surface area contributed by atoms with Gasteiger partial charge in [-0.15, -0.1) is 0 Å². The molecule has 4 nitrogen and oxygen atoms in total. The van der Waals surface area contributed by atoms with Crippen molar-refractivity contribution in [1.29, 1.82) is 0 Å². The normalized spacial score (nSPS) is 27.2. The second-order valence-electron chi connectivity index (χ2n) is 6.72. The Hall–Kier alpha value is -1.89. The van der Waals surface area contributed by atoms with Crippen molar-refractivity contribution in [2.45, 2.75) is 50.0 Å². The average molecular weight is 341 g/mol. The average Bonchev–Trinajstić information content (AvgIpc) is 2.98. The van der Waals surface area contributed by atoms with E-state index in [2.05, 4.69) is 15.6 Å². The van der Waals surface area contributed by atoms with Gasteiger partial charge in [0.2, 0.25) is 0 Å².